The lowest BCUT2D eigenvalue weighted by molar-refractivity contribution is -0.104. The first-order valence-electron chi connectivity index (χ1n) is 17.6. The van der Waals surface area contributed by atoms with Crippen molar-refractivity contribution in [2.45, 2.75) is 151 Å². The third-order valence-corrected chi connectivity index (χ3v) is 14.5. The first-order chi connectivity index (χ1) is 19.2. The van der Waals surface area contributed by atoms with E-state index in [9.17, 15) is 0 Å². The number of hydrogen-bond acceptors (Lipinski definition) is 3. The van der Waals surface area contributed by atoms with Crippen LogP contribution in [0.2, 0.25) is 58.9 Å². The van der Waals surface area contributed by atoms with Crippen molar-refractivity contribution < 1.29 is 13.3 Å². The fourth-order valence-electron chi connectivity index (χ4n) is 9.77. The standard InChI is InChI=1S/C36H68O3Si3/c1-26(25-37-40(5,6)7)15-14-16-27(2)30-17-18-31-34-32(20-22-36(30,31)4)35(3)21-19-29(38-41(8,9)10)23-28(35)24-33(34)39-42(11,12)13/h19,23,26-27,30-34H,14-18,20-22,24-25H2,1-13H3/t26?,27-,30-,31?,32?,33-,34?,35+,36-/m1/s1. The largest absolute Gasteiger partial charge is 0.545 e. The minimum absolute atomic E-state index is 0.259. The summed E-state index contributed by atoms with van der Waals surface area (Å²) >= 11 is 0. The second-order valence-electron chi connectivity index (χ2n) is 18.5. The quantitative estimate of drug-likeness (QED) is 0.200. The van der Waals surface area contributed by atoms with Gasteiger partial charge in [-0.05, 0) is 162 Å². The van der Waals surface area contributed by atoms with Crippen LogP contribution in [-0.2, 0) is 13.3 Å². The van der Waals surface area contributed by atoms with Gasteiger partial charge in [0.15, 0.2) is 16.6 Å². The average Bonchev–Trinajstić information content (AvgIpc) is 3.18. The van der Waals surface area contributed by atoms with Gasteiger partial charge in [-0.25, -0.2) is 0 Å². The Labute approximate surface area is 264 Å². The molecule has 3 fully saturated rings. The van der Waals surface area contributed by atoms with Crippen molar-refractivity contribution in [3.63, 3.8) is 0 Å². The highest BCUT2D eigenvalue weighted by Gasteiger charge is 2.62. The Balaban J connectivity index is 1.50. The Morgan fingerprint density at radius 2 is 1.55 bits per heavy atom. The molecule has 4 aliphatic carbocycles. The topological polar surface area (TPSA) is 27.7 Å². The summed E-state index contributed by atoms with van der Waals surface area (Å²) in [5, 5.41) is 0. The molecule has 9 atom stereocenters. The summed E-state index contributed by atoms with van der Waals surface area (Å²) in [5.74, 6) is 5.71. The number of hydrogen-bond donors (Lipinski definition) is 0. The minimum atomic E-state index is -1.69. The summed E-state index contributed by atoms with van der Waals surface area (Å²) in [6, 6.07) is 0. The zero-order chi connectivity index (χ0) is 31.3. The van der Waals surface area contributed by atoms with Crippen molar-refractivity contribution in [1.82, 2.24) is 0 Å². The van der Waals surface area contributed by atoms with Crippen LogP contribution in [-0.4, -0.2) is 37.7 Å². The maximum absolute atomic E-state index is 7.20. The van der Waals surface area contributed by atoms with E-state index in [4.69, 9.17) is 13.3 Å². The van der Waals surface area contributed by atoms with Crippen molar-refractivity contribution >= 4 is 25.0 Å². The Morgan fingerprint density at radius 3 is 2.17 bits per heavy atom. The molecule has 0 saturated heterocycles. The molecular weight excluding hydrogens is 565 g/mol. The highest BCUT2D eigenvalue weighted by atomic mass is 28.4. The molecule has 0 aromatic rings. The SMILES string of the molecule is CC(CCC[C@@H](C)[C@H]1CCC2C3C(CC[C@@]21C)[C@@]1(C)CC=C(O[Si](C)(C)C)C=C1C[C@H]3O[Si](C)(C)C)CO[Si](C)(C)C. The predicted octanol–water partition coefficient (Wildman–Crippen LogP) is 11.0. The van der Waals surface area contributed by atoms with Crippen molar-refractivity contribution in [3.8, 4) is 0 Å². The van der Waals surface area contributed by atoms with Gasteiger partial charge in [-0.3, -0.25) is 0 Å². The Bertz CT molecular complexity index is 1000. The van der Waals surface area contributed by atoms with Gasteiger partial charge >= 0.3 is 0 Å². The van der Waals surface area contributed by atoms with Crippen molar-refractivity contribution in [2.75, 3.05) is 6.61 Å². The first kappa shape index (κ1) is 34.7. The molecule has 4 aliphatic rings. The van der Waals surface area contributed by atoms with Crippen LogP contribution in [0.1, 0.15) is 85.5 Å². The summed E-state index contributed by atoms with van der Waals surface area (Å²) in [6.07, 6.45) is 17.2. The molecule has 3 saturated carbocycles. The maximum atomic E-state index is 7.20. The molecule has 4 rings (SSSR count). The van der Waals surface area contributed by atoms with Gasteiger partial charge in [0.1, 0.15) is 0 Å². The van der Waals surface area contributed by atoms with Gasteiger partial charge in [0.05, 0.1) is 11.9 Å². The highest BCUT2D eigenvalue weighted by molar-refractivity contribution is 6.70. The molecule has 0 bridgehead atoms. The molecule has 4 unspecified atom stereocenters. The second kappa shape index (κ2) is 12.6. The van der Waals surface area contributed by atoms with Crippen LogP contribution in [0, 0.1) is 46.3 Å². The van der Waals surface area contributed by atoms with Crippen LogP contribution >= 0.6 is 0 Å². The van der Waals surface area contributed by atoms with Crippen molar-refractivity contribution in [1.29, 1.82) is 0 Å². The lowest BCUT2D eigenvalue weighted by Gasteiger charge is -2.61. The second-order valence-corrected chi connectivity index (χ2v) is 31.9. The molecule has 0 aromatic heterocycles. The third-order valence-electron chi connectivity index (χ3n) is 11.6. The molecule has 242 valence electrons. The van der Waals surface area contributed by atoms with Crippen LogP contribution in [0.5, 0.6) is 0 Å². The molecule has 42 heavy (non-hydrogen) atoms. The molecular formula is C36H68O3Si3. The van der Waals surface area contributed by atoms with Crippen LogP contribution in [0.4, 0.5) is 0 Å². The van der Waals surface area contributed by atoms with E-state index < -0.39 is 25.0 Å². The zero-order valence-corrected chi connectivity index (χ0v) is 33.0. The van der Waals surface area contributed by atoms with E-state index in [1.54, 1.807) is 5.57 Å². The van der Waals surface area contributed by atoms with Crippen LogP contribution in [0.3, 0.4) is 0 Å². The van der Waals surface area contributed by atoms with Gasteiger partial charge in [-0.15, -0.1) is 0 Å². The molecule has 0 heterocycles. The van der Waals surface area contributed by atoms with E-state index in [2.05, 4.69) is 98.8 Å². The molecule has 0 amide bonds. The van der Waals surface area contributed by atoms with E-state index >= 15 is 0 Å². The number of fused-ring (bicyclic) bond motifs is 5. The first-order valence-corrected chi connectivity index (χ1v) is 27.9. The van der Waals surface area contributed by atoms with Gasteiger partial charge in [-0.2, -0.15) is 0 Å². The predicted molar refractivity (Wildman–Crippen MR) is 188 cm³/mol. The number of allylic oxidation sites excluding steroid dienone is 2. The molecule has 0 aromatic carbocycles. The Hall–Kier alpha value is -0.149. The van der Waals surface area contributed by atoms with E-state index in [0.717, 1.165) is 48.9 Å². The molecule has 3 nitrogen and oxygen atoms in total. The Morgan fingerprint density at radius 1 is 0.857 bits per heavy atom. The smallest absolute Gasteiger partial charge is 0.242 e. The van der Waals surface area contributed by atoms with E-state index in [-0.39, 0.29) is 5.41 Å². The summed E-state index contributed by atoms with van der Waals surface area (Å²) in [5.41, 5.74) is 2.35. The normalized spacial score (nSPS) is 36.7. The van der Waals surface area contributed by atoms with Crippen molar-refractivity contribution in [3.05, 3.63) is 23.5 Å². The van der Waals surface area contributed by atoms with Crippen LogP contribution in [0.15, 0.2) is 23.5 Å². The lowest BCUT2D eigenvalue weighted by Crippen LogP contribution is -2.57. The molecule has 6 heteroatoms. The fourth-order valence-corrected chi connectivity index (χ4v) is 12.6. The summed E-state index contributed by atoms with van der Waals surface area (Å²) in [6.45, 7) is 32.3. The molecule has 0 N–H and O–H groups in total. The fraction of sp³-hybridized carbons (Fsp3) is 0.889. The zero-order valence-electron chi connectivity index (χ0n) is 30.0. The molecule has 0 spiro atoms. The van der Waals surface area contributed by atoms with Gasteiger partial charge < -0.3 is 13.3 Å². The van der Waals surface area contributed by atoms with E-state index in [1.807, 2.05) is 0 Å². The van der Waals surface area contributed by atoms with Crippen LogP contribution in [0.25, 0.3) is 0 Å². The third kappa shape index (κ3) is 7.97. The minimum Gasteiger partial charge on any atom is -0.545 e. The summed E-state index contributed by atoms with van der Waals surface area (Å²) in [4.78, 5) is 0. The van der Waals surface area contributed by atoms with Gasteiger partial charge in [0.2, 0.25) is 8.32 Å². The van der Waals surface area contributed by atoms with E-state index in [0.29, 0.717) is 23.4 Å². The lowest BCUT2D eigenvalue weighted by atomic mass is 9.46. The van der Waals surface area contributed by atoms with Gasteiger partial charge in [0, 0.05) is 6.61 Å². The summed E-state index contributed by atoms with van der Waals surface area (Å²) in [7, 11) is -4.73. The molecule has 0 aliphatic heterocycles. The summed E-state index contributed by atoms with van der Waals surface area (Å²) < 4.78 is 20.0. The van der Waals surface area contributed by atoms with Gasteiger partial charge in [-0.1, -0.05) is 46.1 Å². The van der Waals surface area contributed by atoms with E-state index in [1.165, 1.54) is 44.9 Å². The monoisotopic (exact) mass is 632 g/mol. The van der Waals surface area contributed by atoms with Crippen LogP contribution < -0.4 is 0 Å². The van der Waals surface area contributed by atoms with Crippen molar-refractivity contribution in [2.24, 2.45) is 46.3 Å². The maximum Gasteiger partial charge on any atom is 0.242 e. The number of rotatable bonds is 12. The molecule has 0 radical (unpaired) electrons. The van der Waals surface area contributed by atoms with Gasteiger partial charge in [0.25, 0.3) is 0 Å². The Kier molecular flexibility index (Phi) is 10.4. The average molecular weight is 633 g/mol. The highest BCUT2D eigenvalue weighted by Crippen LogP contribution is 2.68.